The minimum Gasteiger partial charge on any atom is -0.292 e. The molecule has 148 valence electrons. The van der Waals surface area contributed by atoms with Crippen LogP contribution in [0.25, 0.3) is 0 Å². The van der Waals surface area contributed by atoms with Crippen molar-refractivity contribution < 1.29 is 13.2 Å². The number of hydrogen-bond acceptors (Lipinski definition) is 5. The predicted octanol–water partition coefficient (Wildman–Crippen LogP) is 1.91. The number of nitrogens with one attached hydrogen (secondary N) is 1. The van der Waals surface area contributed by atoms with Crippen LogP contribution in [0.5, 0.6) is 0 Å². The van der Waals surface area contributed by atoms with Gasteiger partial charge in [-0.2, -0.15) is 9.41 Å². The summed E-state index contributed by atoms with van der Waals surface area (Å²) in [6.07, 6.45) is 1.58. The Morgan fingerprint density at radius 3 is 2.32 bits per heavy atom. The molecule has 0 aromatic heterocycles. The van der Waals surface area contributed by atoms with Gasteiger partial charge in [-0.1, -0.05) is 46.3 Å². The monoisotopic (exact) mass is 464 g/mol. The molecule has 0 unspecified atom stereocenters. The van der Waals surface area contributed by atoms with Gasteiger partial charge in [-0.15, -0.1) is 0 Å². The highest BCUT2D eigenvalue weighted by Crippen LogP contribution is 2.20. The molecular formula is C19H21BrN4O3S. The van der Waals surface area contributed by atoms with E-state index in [1.807, 2.05) is 35.2 Å². The average molecular weight is 465 g/mol. The van der Waals surface area contributed by atoms with Crippen molar-refractivity contribution in [3.05, 3.63) is 64.6 Å². The fraction of sp³-hybridized carbons (Fsp3) is 0.263. The summed E-state index contributed by atoms with van der Waals surface area (Å²) in [6.45, 7) is 1.85. The van der Waals surface area contributed by atoms with Crippen LogP contribution in [0, 0.1) is 0 Å². The summed E-state index contributed by atoms with van der Waals surface area (Å²) in [5.41, 5.74) is 3.40. The Morgan fingerprint density at radius 2 is 1.68 bits per heavy atom. The van der Waals surface area contributed by atoms with Gasteiger partial charge in [-0.3, -0.25) is 9.69 Å². The average Bonchev–Trinajstić information content (AvgIpc) is 2.69. The van der Waals surface area contributed by atoms with E-state index in [1.165, 1.54) is 4.31 Å². The molecule has 0 radical (unpaired) electrons. The van der Waals surface area contributed by atoms with Crippen LogP contribution in [-0.2, 0) is 14.8 Å². The Hall–Kier alpha value is -2.07. The molecule has 28 heavy (non-hydrogen) atoms. The highest BCUT2D eigenvalue weighted by molar-refractivity contribution is 9.10. The molecule has 3 rings (SSSR count). The van der Waals surface area contributed by atoms with Crippen molar-refractivity contribution in [2.75, 3.05) is 32.7 Å². The molecule has 0 bridgehead atoms. The van der Waals surface area contributed by atoms with Crippen molar-refractivity contribution in [1.29, 1.82) is 0 Å². The first-order valence-electron chi connectivity index (χ1n) is 8.80. The fourth-order valence-electron chi connectivity index (χ4n) is 2.84. The van der Waals surface area contributed by atoms with Crippen LogP contribution in [0.1, 0.15) is 5.56 Å². The number of amides is 1. The number of benzene rings is 2. The Morgan fingerprint density at radius 1 is 1.04 bits per heavy atom. The Bertz CT molecular complexity index is 925. The molecular weight excluding hydrogens is 444 g/mol. The third-order valence-corrected chi connectivity index (χ3v) is 6.79. The van der Waals surface area contributed by atoms with Crippen molar-refractivity contribution in [3.63, 3.8) is 0 Å². The van der Waals surface area contributed by atoms with Crippen LogP contribution in [0.2, 0.25) is 0 Å². The number of hydrogen-bond donors (Lipinski definition) is 1. The lowest BCUT2D eigenvalue weighted by Crippen LogP contribution is -2.50. The summed E-state index contributed by atoms with van der Waals surface area (Å²) < 4.78 is 27.7. The van der Waals surface area contributed by atoms with Gasteiger partial charge in [0.2, 0.25) is 10.0 Å². The van der Waals surface area contributed by atoms with Crippen LogP contribution < -0.4 is 5.43 Å². The number of carbonyl (C=O) groups excluding carboxylic acids is 1. The number of carbonyl (C=O) groups is 1. The number of sulfonamides is 1. The number of hydrazone groups is 1. The van der Waals surface area contributed by atoms with E-state index in [-0.39, 0.29) is 17.3 Å². The van der Waals surface area contributed by atoms with E-state index in [0.29, 0.717) is 26.2 Å². The fourth-order valence-corrected chi connectivity index (χ4v) is 4.53. The van der Waals surface area contributed by atoms with Crippen molar-refractivity contribution in [2.24, 2.45) is 5.10 Å². The van der Waals surface area contributed by atoms with Gasteiger partial charge in [0.25, 0.3) is 5.91 Å². The molecule has 9 heteroatoms. The summed E-state index contributed by atoms with van der Waals surface area (Å²) in [6, 6.07) is 16.1. The zero-order valence-corrected chi connectivity index (χ0v) is 17.6. The van der Waals surface area contributed by atoms with Gasteiger partial charge in [0.05, 0.1) is 17.7 Å². The van der Waals surface area contributed by atoms with Crippen molar-refractivity contribution >= 4 is 38.1 Å². The highest BCUT2D eigenvalue weighted by atomic mass is 79.9. The van der Waals surface area contributed by atoms with Crippen LogP contribution in [-0.4, -0.2) is 62.5 Å². The minimum atomic E-state index is -3.51. The van der Waals surface area contributed by atoms with Crippen molar-refractivity contribution in [2.45, 2.75) is 4.90 Å². The molecule has 0 atom stereocenters. The predicted molar refractivity (Wildman–Crippen MR) is 112 cm³/mol. The lowest BCUT2D eigenvalue weighted by molar-refractivity contribution is -0.122. The van der Waals surface area contributed by atoms with Crippen molar-refractivity contribution in [1.82, 2.24) is 14.6 Å². The second-order valence-electron chi connectivity index (χ2n) is 6.34. The molecule has 1 aliphatic rings. The van der Waals surface area contributed by atoms with Gasteiger partial charge in [-0.25, -0.2) is 13.8 Å². The third-order valence-electron chi connectivity index (χ3n) is 4.35. The quantitative estimate of drug-likeness (QED) is 0.522. The van der Waals surface area contributed by atoms with Gasteiger partial charge in [-0.05, 0) is 29.8 Å². The molecule has 2 aromatic carbocycles. The molecule has 2 aromatic rings. The maximum atomic E-state index is 12.7. The number of nitrogens with zero attached hydrogens (tertiary/aromatic N) is 3. The smallest absolute Gasteiger partial charge is 0.254 e. The van der Waals surface area contributed by atoms with E-state index in [4.69, 9.17) is 0 Å². The summed E-state index contributed by atoms with van der Waals surface area (Å²) in [5.74, 6) is -0.226. The number of rotatable bonds is 6. The summed E-state index contributed by atoms with van der Waals surface area (Å²) >= 11 is 3.31. The first-order chi connectivity index (χ1) is 13.4. The standard InChI is InChI=1S/C19H21BrN4O3S/c20-17-6-8-18(9-7-17)28(26,27)24-12-10-23(11-13-24)15-19(25)22-21-14-16-4-2-1-3-5-16/h1-9,14H,10-13,15H2,(H,22,25). The second-order valence-corrected chi connectivity index (χ2v) is 9.19. The second kappa shape index (κ2) is 9.42. The first-order valence-corrected chi connectivity index (χ1v) is 11.0. The minimum absolute atomic E-state index is 0.179. The van der Waals surface area contributed by atoms with Gasteiger partial charge in [0.15, 0.2) is 0 Å². The third kappa shape index (κ3) is 5.48. The zero-order valence-electron chi connectivity index (χ0n) is 15.2. The SMILES string of the molecule is O=C(CN1CCN(S(=O)(=O)c2ccc(Br)cc2)CC1)NN=Cc1ccccc1. The van der Waals surface area contributed by atoms with Gasteiger partial charge < -0.3 is 0 Å². The first kappa shape index (κ1) is 20.7. The van der Waals surface area contributed by atoms with Crippen molar-refractivity contribution in [3.8, 4) is 0 Å². The summed E-state index contributed by atoms with van der Waals surface area (Å²) in [5, 5.41) is 3.95. The van der Waals surface area contributed by atoms with Crippen LogP contribution in [0.4, 0.5) is 0 Å². The highest BCUT2D eigenvalue weighted by Gasteiger charge is 2.28. The Labute approximate surface area is 173 Å². The van der Waals surface area contributed by atoms with E-state index in [1.54, 1.807) is 30.5 Å². The molecule has 1 fully saturated rings. The molecule has 0 spiro atoms. The van der Waals surface area contributed by atoms with E-state index in [2.05, 4.69) is 26.5 Å². The lowest BCUT2D eigenvalue weighted by Gasteiger charge is -2.33. The van der Waals surface area contributed by atoms with E-state index in [9.17, 15) is 13.2 Å². The largest absolute Gasteiger partial charge is 0.292 e. The molecule has 1 heterocycles. The van der Waals surface area contributed by atoms with Gasteiger partial charge in [0.1, 0.15) is 0 Å². The van der Waals surface area contributed by atoms with Crippen LogP contribution in [0.3, 0.4) is 0 Å². The topological polar surface area (TPSA) is 82.1 Å². The molecule has 1 saturated heterocycles. The maximum absolute atomic E-state index is 12.7. The number of piperazine rings is 1. The molecule has 7 nitrogen and oxygen atoms in total. The zero-order chi connectivity index (χ0) is 20.0. The lowest BCUT2D eigenvalue weighted by atomic mass is 10.2. The molecule has 0 aliphatic carbocycles. The Kier molecular flexibility index (Phi) is 6.95. The molecule has 0 saturated carbocycles. The normalized spacial score (nSPS) is 16.3. The van der Waals surface area contributed by atoms with Gasteiger partial charge in [0, 0.05) is 30.7 Å². The van der Waals surface area contributed by atoms with E-state index < -0.39 is 10.0 Å². The summed E-state index contributed by atoms with van der Waals surface area (Å²) in [4.78, 5) is 14.2. The molecule has 1 aliphatic heterocycles. The molecule has 1 amide bonds. The molecule has 1 N–H and O–H groups in total. The summed E-state index contributed by atoms with van der Waals surface area (Å²) in [7, 11) is -3.51. The number of halogens is 1. The van der Waals surface area contributed by atoms with E-state index in [0.717, 1.165) is 10.0 Å². The van der Waals surface area contributed by atoms with Crippen LogP contribution in [0.15, 0.2) is 69.1 Å². The van der Waals surface area contributed by atoms with E-state index >= 15 is 0 Å². The van der Waals surface area contributed by atoms with Gasteiger partial charge >= 0.3 is 0 Å². The maximum Gasteiger partial charge on any atom is 0.254 e. The van der Waals surface area contributed by atoms with Crippen LogP contribution >= 0.6 is 15.9 Å². The Balaban J connectivity index is 1.48.